The van der Waals surface area contributed by atoms with Crippen LogP contribution in [-0.2, 0) is 4.79 Å². The van der Waals surface area contributed by atoms with E-state index in [1.807, 2.05) is 6.92 Å². The number of amides is 1. The molecular formula is C10H14ClN3O. The van der Waals surface area contributed by atoms with Crippen LogP contribution in [0.25, 0.3) is 0 Å². The molecule has 0 saturated heterocycles. The van der Waals surface area contributed by atoms with Gasteiger partial charge in [-0.1, -0.05) is 11.6 Å². The molecule has 15 heavy (non-hydrogen) atoms. The molecule has 0 aliphatic heterocycles. The van der Waals surface area contributed by atoms with E-state index in [9.17, 15) is 4.79 Å². The number of carbonyl (C=O) groups excluding carboxylic acids is 1. The molecule has 1 amide bonds. The van der Waals surface area contributed by atoms with Crippen molar-refractivity contribution in [1.82, 2.24) is 10.3 Å². The van der Waals surface area contributed by atoms with Crippen molar-refractivity contribution in [1.29, 1.82) is 0 Å². The Hall–Kier alpha value is -1.29. The topological polar surface area (TPSA) is 54.0 Å². The number of hydrogen-bond donors (Lipinski definition) is 2. The number of aromatic nitrogens is 1. The summed E-state index contributed by atoms with van der Waals surface area (Å²) in [4.78, 5) is 15.5. The van der Waals surface area contributed by atoms with Crippen LogP contribution >= 0.6 is 11.6 Å². The van der Waals surface area contributed by atoms with Crippen molar-refractivity contribution < 1.29 is 4.79 Å². The summed E-state index contributed by atoms with van der Waals surface area (Å²) in [6, 6.07) is 3.11. The average molecular weight is 228 g/mol. The van der Waals surface area contributed by atoms with E-state index in [0.29, 0.717) is 17.4 Å². The molecule has 1 unspecified atom stereocenters. The van der Waals surface area contributed by atoms with Crippen molar-refractivity contribution >= 4 is 23.3 Å². The van der Waals surface area contributed by atoms with E-state index in [0.717, 1.165) is 0 Å². The zero-order chi connectivity index (χ0) is 11.3. The van der Waals surface area contributed by atoms with E-state index in [1.165, 1.54) is 0 Å². The van der Waals surface area contributed by atoms with Gasteiger partial charge in [0.1, 0.15) is 11.9 Å². The lowest BCUT2D eigenvalue weighted by Crippen LogP contribution is -2.37. The van der Waals surface area contributed by atoms with Gasteiger partial charge in [-0.05, 0) is 26.0 Å². The van der Waals surface area contributed by atoms with E-state index in [1.54, 1.807) is 25.3 Å². The van der Waals surface area contributed by atoms with Crippen LogP contribution in [0.3, 0.4) is 0 Å². The molecule has 0 spiro atoms. The monoisotopic (exact) mass is 227 g/mol. The van der Waals surface area contributed by atoms with Gasteiger partial charge in [0.05, 0.1) is 5.02 Å². The Labute approximate surface area is 94.0 Å². The molecule has 1 aromatic rings. The zero-order valence-electron chi connectivity index (χ0n) is 8.75. The minimum absolute atomic E-state index is 0.0702. The second kappa shape index (κ2) is 5.56. The largest absolute Gasteiger partial charge is 0.357 e. The summed E-state index contributed by atoms with van der Waals surface area (Å²) in [5, 5.41) is 6.16. The summed E-state index contributed by atoms with van der Waals surface area (Å²) in [5.41, 5.74) is 0. The number of pyridine rings is 1. The highest BCUT2D eigenvalue weighted by molar-refractivity contribution is 6.32. The number of nitrogens with one attached hydrogen (secondary N) is 2. The lowest BCUT2D eigenvalue weighted by molar-refractivity contribution is -0.121. The van der Waals surface area contributed by atoms with E-state index in [2.05, 4.69) is 15.6 Å². The third kappa shape index (κ3) is 3.40. The number of anilines is 1. The summed E-state index contributed by atoms with van der Waals surface area (Å²) >= 11 is 5.89. The van der Waals surface area contributed by atoms with Crippen molar-refractivity contribution in [3.8, 4) is 0 Å². The standard InChI is InChI=1S/C10H14ClN3O/c1-3-12-10(15)7(2)14-9-8(11)5-4-6-13-9/h4-7H,3H2,1-2H3,(H,12,15)(H,13,14). The molecule has 0 fully saturated rings. The molecule has 2 N–H and O–H groups in total. The van der Waals surface area contributed by atoms with Gasteiger partial charge in [-0.2, -0.15) is 0 Å². The van der Waals surface area contributed by atoms with Gasteiger partial charge >= 0.3 is 0 Å². The third-order valence-corrected chi connectivity index (χ3v) is 2.16. The second-order valence-electron chi connectivity index (χ2n) is 3.09. The van der Waals surface area contributed by atoms with Gasteiger partial charge in [-0.3, -0.25) is 4.79 Å². The van der Waals surface area contributed by atoms with E-state index in [4.69, 9.17) is 11.6 Å². The Morgan fingerprint density at radius 3 is 3.00 bits per heavy atom. The molecule has 1 atom stereocenters. The SMILES string of the molecule is CCNC(=O)C(C)Nc1ncccc1Cl. The van der Waals surface area contributed by atoms with Crippen molar-refractivity contribution in [3.05, 3.63) is 23.4 Å². The number of carbonyl (C=O) groups is 1. The maximum atomic E-state index is 11.4. The molecular weight excluding hydrogens is 214 g/mol. The summed E-state index contributed by atoms with van der Waals surface area (Å²) < 4.78 is 0. The minimum atomic E-state index is -0.350. The average Bonchev–Trinajstić information content (AvgIpc) is 2.21. The van der Waals surface area contributed by atoms with Crippen molar-refractivity contribution in [2.45, 2.75) is 19.9 Å². The highest BCUT2D eigenvalue weighted by atomic mass is 35.5. The first-order valence-corrected chi connectivity index (χ1v) is 5.17. The zero-order valence-corrected chi connectivity index (χ0v) is 9.51. The van der Waals surface area contributed by atoms with Crippen LogP contribution in [0.5, 0.6) is 0 Å². The molecule has 0 aliphatic carbocycles. The molecule has 0 bridgehead atoms. The molecule has 1 aromatic heterocycles. The lowest BCUT2D eigenvalue weighted by atomic mass is 10.3. The highest BCUT2D eigenvalue weighted by Gasteiger charge is 2.12. The predicted octanol–water partition coefficient (Wildman–Crippen LogP) is 1.67. The maximum Gasteiger partial charge on any atom is 0.242 e. The number of likely N-dealkylation sites (N-methyl/N-ethyl adjacent to an activating group) is 1. The van der Waals surface area contributed by atoms with Crippen LogP contribution in [0.1, 0.15) is 13.8 Å². The van der Waals surface area contributed by atoms with Gasteiger partial charge in [0.2, 0.25) is 5.91 Å². The Morgan fingerprint density at radius 2 is 2.40 bits per heavy atom. The van der Waals surface area contributed by atoms with Crippen LogP contribution in [0.4, 0.5) is 5.82 Å². The fraction of sp³-hybridized carbons (Fsp3) is 0.400. The molecule has 1 rings (SSSR count). The second-order valence-corrected chi connectivity index (χ2v) is 3.50. The third-order valence-electron chi connectivity index (χ3n) is 1.86. The first-order chi connectivity index (χ1) is 7.15. The Balaban J connectivity index is 2.62. The van der Waals surface area contributed by atoms with Crippen molar-refractivity contribution in [3.63, 3.8) is 0 Å². The van der Waals surface area contributed by atoms with Crippen LogP contribution in [0.2, 0.25) is 5.02 Å². The van der Waals surface area contributed by atoms with Crippen molar-refractivity contribution in [2.75, 3.05) is 11.9 Å². The molecule has 0 radical (unpaired) electrons. The highest BCUT2D eigenvalue weighted by Crippen LogP contribution is 2.17. The summed E-state index contributed by atoms with van der Waals surface area (Å²) in [5.74, 6) is 0.456. The molecule has 0 aromatic carbocycles. The maximum absolute atomic E-state index is 11.4. The van der Waals surface area contributed by atoms with E-state index >= 15 is 0 Å². The van der Waals surface area contributed by atoms with E-state index < -0.39 is 0 Å². The molecule has 1 heterocycles. The molecule has 0 aliphatic rings. The molecule has 0 saturated carbocycles. The van der Waals surface area contributed by atoms with Gasteiger partial charge in [0.15, 0.2) is 0 Å². The van der Waals surface area contributed by atoms with Gasteiger partial charge in [-0.25, -0.2) is 4.98 Å². The molecule has 5 heteroatoms. The van der Waals surface area contributed by atoms with Crippen LogP contribution in [-0.4, -0.2) is 23.5 Å². The summed E-state index contributed by atoms with van der Waals surface area (Å²) in [7, 11) is 0. The Bertz CT molecular complexity index is 343. The fourth-order valence-electron chi connectivity index (χ4n) is 1.09. The number of hydrogen-bond acceptors (Lipinski definition) is 3. The first-order valence-electron chi connectivity index (χ1n) is 4.80. The minimum Gasteiger partial charge on any atom is -0.357 e. The van der Waals surface area contributed by atoms with Crippen LogP contribution in [0.15, 0.2) is 18.3 Å². The fourth-order valence-corrected chi connectivity index (χ4v) is 1.27. The number of halogens is 1. The molecule has 82 valence electrons. The van der Waals surface area contributed by atoms with Gasteiger partial charge in [0, 0.05) is 12.7 Å². The predicted molar refractivity (Wildman–Crippen MR) is 61.0 cm³/mol. The van der Waals surface area contributed by atoms with E-state index in [-0.39, 0.29) is 11.9 Å². The summed E-state index contributed by atoms with van der Waals surface area (Å²) in [6.07, 6.45) is 1.62. The normalized spacial score (nSPS) is 11.9. The van der Waals surface area contributed by atoms with Crippen LogP contribution < -0.4 is 10.6 Å². The van der Waals surface area contributed by atoms with Crippen LogP contribution in [0, 0.1) is 0 Å². The molecule has 4 nitrogen and oxygen atoms in total. The van der Waals surface area contributed by atoms with Gasteiger partial charge < -0.3 is 10.6 Å². The Kier molecular flexibility index (Phi) is 4.37. The number of nitrogens with zero attached hydrogens (tertiary/aromatic N) is 1. The van der Waals surface area contributed by atoms with Gasteiger partial charge in [-0.15, -0.1) is 0 Å². The number of rotatable bonds is 4. The quantitative estimate of drug-likeness (QED) is 0.823. The van der Waals surface area contributed by atoms with Crippen molar-refractivity contribution in [2.24, 2.45) is 0 Å². The summed E-state index contributed by atoms with van der Waals surface area (Å²) in [6.45, 7) is 4.25. The van der Waals surface area contributed by atoms with Gasteiger partial charge in [0.25, 0.3) is 0 Å². The lowest BCUT2D eigenvalue weighted by Gasteiger charge is -2.14. The smallest absolute Gasteiger partial charge is 0.242 e. The first kappa shape index (κ1) is 11.8. The Morgan fingerprint density at radius 1 is 1.67 bits per heavy atom.